The van der Waals surface area contributed by atoms with Crippen molar-refractivity contribution in [3.63, 3.8) is 0 Å². The Morgan fingerprint density at radius 1 is 1.20 bits per heavy atom. The van der Waals surface area contributed by atoms with Crippen molar-refractivity contribution >= 4 is 37.5 Å². The van der Waals surface area contributed by atoms with Gasteiger partial charge in [-0.15, -0.1) is 0 Å². The highest BCUT2D eigenvalue weighted by Gasteiger charge is 2.35. The number of sulfonamides is 2. The second kappa shape index (κ2) is 9.73. The molecule has 0 fully saturated rings. The van der Waals surface area contributed by atoms with Crippen molar-refractivity contribution < 1.29 is 31.1 Å². The molecule has 1 aliphatic heterocycles. The van der Waals surface area contributed by atoms with E-state index < -0.39 is 37.8 Å². The van der Waals surface area contributed by atoms with E-state index in [-0.39, 0.29) is 40.7 Å². The Morgan fingerprint density at radius 3 is 2.54 bits per heavy atom. The molecular weight excluding hydrogens is 496 g/mol. The van der Waals surface area contributed by atoms with E-state index in [2.05, 4.69) is 10.0 Å². The Hall–Kier alpha value is -3.34. The van der Waals surface area contributed by atoms with Crippen LogP contribution in [0.15, 0.2) is 47.4 Å². The molecule has 1 heterocycles. The normalized spacial score (nSPS) is 16.0. The Balaban J connectivity index is 2.02. The number of carbonyl (C=O) groups excluding carboxylic acids is 1. The summed E-state index contributed by atoms with van der Waals surface area (Å²) >= 11 is 0. The van der Waals surface area contributed by atoms with Crippen LogP contribution in [0.3, 0.4) is 0 Å². The minimum Gasteiger partial charge on any atom is -0.485 e. The molecule has 1 atom stereocenters. The van der Waals surface area contributed by atoms with Crippen LogP contribution in [0.4, 0.5) is 16.2 Å². The quantitative estimate of drug-likeness (QED) is 0.586. The minimum atomic E-state index is -4.19. The Labute approximate surface area is 204 Å². The lowest BCUT2D eigenvalue weighted by atomic mass is 10.2. The number of fused-ring (bicyclic) bond motifs is 1. The molecule has 0 aliphatic carbocycles. The smallest absolute Gasteiger partial charge is 0.412 e. The van der Waals surface area contributed by atoms with Crippen molar-refractivity contribution in [1.82, 2.24) is 4.72 Å². The van der Waals surface area contributed by atoms with Gasteiger partial charge in [0, 0.05) is 12.2 Å². The maximum absolute atomic E-state index is 13.6. The molecule has 0 aromatic heterocycles. The summed E-state index contributed by atoms with van der Waals surface area (Å²) in [6.07, 6.45) is -0.573. The van der Waals surface area contributed by atoms with Gasteiger partial charge in [-0.05, 0) is 57.2 Å². The first-order valence-corrected chi connectivity index (χ1v) is 13.8. The standard InChI is InChI=1S/C22H26N4O7S2/c1-22(2,3)33-21(27)25-16-8-9-20-19(11-16)26(14-17(32-20)13-24-34(4,28)29)35(30,31)18-7-5-6-15(10-18)12-23/h5-11,17,24H,13-14H2,1-4H3,(H,25,27). The summed E-state index contributed by atoms with van der Waals surface area (Å²) in [6, 6.07) is 11.9. The molecule has 188 valence electrons. The fourth-order valence-corrected chi connectivity index (χ4v) is 5.28. The monoisotopic (exact) mass is 522 g/mol. The van der Waals surface area contributed by atoms with E-state index in [4.69, 9.17) is 9.47 Å². The molecule has 1 aliphatic rings. The van der Waals surface area contributed by atoms with Crippen molar-refractivity contribution in [1.29, 1.82) is 5.26 Å². The third kappa shape index (κ3) is 6.84. The molecule has 11 nitrogen and oxygen atoms in total. The van der Waals surface area contributed by atoms with Crippen LogP contribution in [0.25, 0.3) is 0 Å². The van der Waals surface area contributed by atoms with E-state index in [9.17, 15) is 26.9 Å². The number of carbonyl (C=O) groups is 1. The van der Waals surface area contributed by atoms with Crippen molar-refractivity contribution in [2.24, 2.45) is 0 Å². The number of anilines is 2. The molecule has 35 heavy (non-hydrogen) atoms. The highest BCUT2D eigenvalue weighted by molar-refractivity contribution is 7.92. The number of ether oxygens (including phenoxy) is 2. The van der Waals surface area contributed by atoms with Gasteiger partial charge < -0.3 is 9.47 Å². The number of rotatable bonds is 6. The lowest BCUT2D eigenvalue weighted by Crippen LogP contribution is -2.48. The molecule has 2 N–H and O–H groups in total. The maximum Gasteiger partial charge on any atom is 0.412 e. The van der Waals surface area contributed by atoms with E-state index in [1.54, 1.807) is 20.8 Å². The fraction of sp³-hybridized carbons (Fsp3) is 0.364. The fourth-order valence-electron chi connectivity index (χ4n) is 3.24. The number of hydrogen-bond donors (Lipinski definition) is 2. The molecule has 1 unspecified atom stereocenters. The third-order valence-electron chi connectivity index (χ3n) is 4.66. The molecule has 0 bridgehead atoms. The molecule has 0 saturated heterocycles. The molecular formula is C22H26N4O7S2. The van der Waals surface area contributed by atoms with Crippen LogP contribution in [0, 0.1) is 11.3 Å². The van der Waals surface area contributed by atoms with Gasteiger partial charge in [-0.1, -0.05) is 6.07 Å². The summed E-state index contributed by atoms with van der Waals surface area (Å²) < 4.78 is 64.8. The van der Waals surface area contributed by atoms with Crippen molar-refractivity contribution in [2.45, 2.75) is 37.4 Å². The summed E-state index contributed by atoms with van der Waals surface area (Å²) in [5, 5.41) is 11.8. The van der Waals surface area contributed by atoms with Gasteiger partial charge in [0.05, 0.1) is 35.0 Å². The van der Waals surface area contributed by atoms with Crippen LogP contribution in [0.2, 0.25) is 0 Å². The zero-order chi connectivity index (χ0) is 26.0. The summed E-state index contributed by atoms with van der Waals surface area (Å²) in [4.78, 5) is 12.1. The van der Waals surface area contributed by atoms with E-state index in [0.29, 0.717) is 0 Å². The van der Waals surface area contributed by atoms with Crippen molar-refractivity contribution in [3.8, 4) is 11.8 Å². The van der Waals surface area contributed by atoms with Crippen LogP contribution in [0.5, 0.6) is 5.75 Å². The Bertz CT molecular complexity index is 1380. The predicted molar refractivity (Wildman–Crippen MR) is 129 cm³/mol. The van der Waals surface area contributed by atoms with Gasteiger partial charge in [-0.2, -0.15) is 5.26 Å². The molecule has 0 saturated carbocycles. The van der Waals surface area contributed by atoms with Gasteiger partial charge in [-0.3, -0.25) is 9.62 Å². The number of nitrogens with one attached hydrogen (secondary N) is 2. The van der Waals surface area contributed by atoms with Crippen LogP contribution in [-0.4, -0.2) is 54.0 Å². The predicted octanol–water partition coefficient (Wildman–Crippen LogP) is 2.41. The molecule has 2 aromatic carbocycles. The third-order valence-corrected chi connectivity index (χ3v) is 7.13. The van der Waals surface area contributed by atoms with Gasteiger partial charge >= 0.3 is 6.09 Å². The largest absolute Gasteiger partial charge is 0.485 e. The number of amides is 1. The first kappa shape index (κ1) is 26.3. The maximum atomic E-state index is 13.6. The van der Waals surface area contributed by atoms with E-state index in [0.717, 1.165) is 10.6 Å². The van der Waals surface area contributed by atoms with Gasteiger partial charge in [0.25, 0.3) is 10.0 Å². The summed E-state index contributed by atoms with van der Waals surface area (Å²) in [7, 11) is -7.73. The van der Waals surface area contributed by atoms with Crippen LogP contribution < -0.4 is 19.1 Å². The molecule has 3 rings (SSSR count). The number of nitriles is 1. The average Bonchev–Trinajstić information content (AvgIpc) is 2.75. The van der Waals surface area contributed by atoms with Gasteiger partial charge in [0.2, 0.25) is 10.0 Å². The Kier molecular flexibility index (Phi) is 7.30. The SMILES string of the molecule is CC(C)(C)OC(=O)Nc1ccc2c(c1)N(S(=O)(=O)c1cccc(C#N)c1)CC(CNS(C)(=O)=O)O2. The van der Waals surface area contributed by atoms with Gasteiger partial charge in [0.1, 0.15) is 17.5 Å². The molecule has 0 radical (unpaired) electrons. The van der Waals surface area contributed by atoms with Crippen LogP contribution in [-0.2, 0) is 24.8 Å². The van der Waals surface area contributed by atoms with E-state index in [1.165, 1.54) is 42.5 Å². The average molecular weight is 523 g/mol. The van der Waals surface area contributed by atoms with Gasteiger partial charge in [-0.25, -0.2) is 26.4 Å². The van der Waals surface area contributed by atoms with Crippen molar-refractivity contribution in [2.75, 3.05) is 29.0 Å². The highest BCUT2D eigenvalue weighted by atomic mass is 32.2. The number of benzene rings is 2. The lowest BCUT2D eigenvalue weighted by molar-refractivity contribution is 0.0636. The zero-order valence-corrected chi connectivity index (χ0v) is 21.2. The Morgan fingerprint density at radius 2 is 1.91 bits per heavy atom. The van der Waals surface area contributed by atoms with Crippen LogP contribution >= 0.6 is 0 Å². The highest BCUT2D eigenvalue weighted by Crippen LogP contribution is 2.39. The molecule has 0 spiro atoms. The molecule has 13 heteroatoms. The second-order valence-corrected chi connectivity index (χ2v) is 12.5. The summed E-state index contributed by atoms with van der Waals surface area (Å²) in [5.74, 6) is 0.173. The van der Waals surface area contributed by atoms with Crippen molar-refractivity contribution in [3.05, 3.63) is 48.0 Å². The number of hydrogen-bond acceptors (Lipinski definition) is 8. The first-order valence-electron chi connectivity index (χ1n) is 10.5. The van der Waals surface area contributed by atoms with Gasteiger partial charge in [0.15, 0.2) is 0 Å². The van der Waals surface area contributed by atoms with E-state index in [1.807, 2.05) is 6.07 Å². The first-order chi connectivity index (χ1) is 16.2. The topological polar surface area (TPSA) is 155 Å². The number of nitrogens with zero attached hydrogens (tertiary/aromatic N) is 2. The zero-order valence-electron chi connectivity index (χ0n) is 19.6. The summed E-state index contributed by atoms with van der Waals surface area (Å²) in [6.45, 7) is 4.75. The van der Waals surface area contributed by atoms with Crippen LogP contribution in [0.1, 0.15) is 26.3 Å². The second-order valence-electron chi connectivity index (χ2n) is 8.85. The minimum absolute atomic E-state index is 0.121. The molecule has 1 amide bonds. The van der Waals surface area contributed by atoms with E-state index >= 15 is 0 Å². The summed E-state index contributed by atoms with van der Waals surface area (Å²) in [5.41, 5.74) is -0.172. The lowest BCUT2D eigenvalue weighted by Gasteiger charge is -2.35. The molecule has 2 aromatic rings.